The van der Waals surface area contributed by atoms with E-state index in [0.717, 1.165) is 6.42 Å². The van der Waals surface area contributed by atoms with E-state index >= 15 is 0 Å². The third-order valence-electron chi connectivity index (χ3n) is 4.81. The number of amides is 2. The lowest BCUT2D eigenvalue weighted by molar-refractivity contribution is -0.131. The SMILES string of the molecule is CCC(C)(C)C1C(=O)N(c2ccccc2)N(c2ccccc2)C1=O. The number of hydrogen-bond acceptors (Lipinski definition) is 2. The van der Waals surface area contributed by atoms with Crippen LogP contribution in [0.3, 0.4) is 0 Å². The van der Waals surface area contributed by atoms with Crippen molar-refractivity contribution < 1.29 is 9.59 Å². The van der Waals surface area contributed by atoms with Gasteiger partial charge in [-0.2, -0.15) is 0 Å². The molecule has 4 nitrogen and oxygen atoms in total. The summed E-state index contributed by atoms with van der Waals surface area (Å²) in [6, 6.07) is 18.7. The van der Waals surface area contributed by atoms with E-state index in [1.165, 1.54) is 10.0 Å². The number of rotatable bonds is 4. The number of anilines is 2. The molecule has 24 heavy (non-hydrogen) atoms. The third-order valence-corrected chi connectivity index (χ3v) is 4.81. The fraction of sp³-hybridized carbons (Fsp3) is 0.300. The fourth-order valence-corrected chi connectivity index (χ4v) is 3.04. The molecule has 1 fully saturated rings. The normalized spacial score (nSPS) is 16.1. The summed E-state index contributed by atoms with van der Waals surface area (Å²) in [5.41, 5.74) is 1.01. The maximum absolute atomic E-state index is 13.2. The van der Waals surface area contributed by atoms with E-state index in [2.05, 4.69) is 0 Å². The number of hydrogen-bond donors (Lipinski definition) is 0. The van der Waals surface area contributed by atoms with Crippen molar-refractivity contribution in [3.8, 4) is 0 Å². The van der Waals surface area contributed by atoms with E-state index in [9.17, 15) is 9.59 Å². The average Bonchev–Trinajstić information content (AvgIpc) is 2.87. The minimum absolute atomic E-state index is 0.165. The largest absolute Gasteiger partial charge is 0.272 e. The number of benzene rings is 2. The molecule has 0 saturated carbocycles. The molecule has 0 atom stereocenters. The molecule has 4 heteroatoms. The van der Waals surface area contributed by atoms with Gasteiger partial charge in [-0.25, -0.2) is 10.0 Å². The molecule has 124 valence electrons. The summed E-state index contributed by atoms with van der Waals surface area (Å²) in [6.45, 7) is 5.97. The minimum atomic E-state index is -0.678. The molecular weight excluding hydrogens is 300 g/mol. The van der Waals surface area contributed by atoms with Crippen LogP contribution in [0.5, 0.6) is 0 Å². The lowest BCUT2D eigenvalue weighted by Crippen LogP contribution is -2.41. The van der Waals surface area contributed by atoms with Gasteiger partial charge in [0.25, 0.3) is 11.8 Å². The molecule has 0 unspecified atom stereocenters. The van der Waals surface area contributed by atoms with Gasteiger partial charge in [0.15, 0.2) is 0 Å². The van der Waals surface area contributed by atoms with Gasteiger partial charge >= 0.3 is 0 Å². The molecule has 2 aromatic rings. The van der Waals surface area contributed by atoms with E-state index in [0.29, 0.717) is 11.4 Å². The van der Waals surface area contributed by atoms with Crippen molar-refractivity contribution in [1.29, 1.82) is 0 Å². The van der Waals surface area contributed by atoms with Gasteiger partial charge < -0.3 is 0 Å². The highest BCUT2D eigenvalue weighted by molar-refractivity contribution is 6.23. The Kier molecular flexibility index (Phi) is 4.14. The van der Waals surface area contributed by atoms with Crippen LogP contribution in [0.25, 0.3) is 0 Å². The minimum Gasteiger partial charge on any atom is -0.272 e. The van der Waals surface area contributed by atoms with Gasteiger partial charge in [-0.05, 0) is 36.1 Å². The van der Waals surface area contributed by atoms with Gasteiger partial charge in [-0.15, -0.1) is 0 Å². The Morgan fingerprint density at radius 2 is 1.17 bits per heavy atom. The maximum Gasteiger partial charge on any atom is 0.259 e. The van der Waals surface area contributed by atoms with Crippen molar-refractivity contribution in [2.24, 2.45) is 11.3 Å². The van der Waals surface area contributed by atoms with Crippen molar-refractivity contribution in [3.05, 3.63) is 60.7 Å². The van der Waals surface area contributed by atoms with Crippen LogP contribution in [0.2, 0.25) is 0 Å². The quantitative estimate of drug-likeness (QED) is 0.797. The van der Waals surface area contributed by atoms with Gasteiger partial charge in [-0.3, -0.25) is 9.59 Å². The summed E-state index contributed by atoms with van der Waals surface area (Å²) in [4.78, 5) is 26.3. The second kappa shape index (κ2) is 6.11. The molecular formula is C20H22N2O2. The Labute approximate surface area is 142 Å². The van der Waals surface area contributed by atoms with Gasteiger partial charge in [0, 0.05) is 0 Å². The van der Waals surface area contributed by atoms with Crippen LogP contribution in [-0.4, -0.2) is 11.8 Å². The number of carbonyl (C=O) groups is 2. The highest BCUT2D eigenvalue weighted by Gasteiger charge is 2.53. The summed E-state index contributed by atoms with van der Waals surface area (Å²) < 4.78 is 0. The van der Waals surface area contributed by atoms with E-state index in [1.807, 2.05) is 81.4 Å². The average molecular weight is 322 g/mol. The Hall–Kier alpha value is -2.62. The van der Waals surface area contributed by atoms with E-state index in [4.69, 9.17) is 0 Å². The number of hydrazine groups is 1. The van der Waals surface area contributed by atoms with E-state index in [1.54, 1.807) is 0 Å². The molecule has 0 N–H and O–H groups in total. The molecule has 1 saturated heterocycles. The van der Waals surface area contributed by atoms with Crippen LogP contribution in [-0.2, 0) is 9.59 Å². The van der Waals surface area contributed by atoms with Crippen molar-refractivity contribution in [2.75, 3.05) is 10.0 Å². The Bertz CT molecular complexity index is 683. The van der Waals surface area contributed by atoms with Gasteiger partial charge in [0.2, 0.25) is 0 Å². The highest BCUT2D eigenvalue weighted by atomic mass is 16.2. The van der Waals surface area contributed by atoms with Crippen LogP contribution in [0.1, 0.15) is 27.2 Å². The predicted molar refractivity (Wildman–Crippen MR) is 95.4 cm³/mol. The first-order valence-electron chi connectivity index (χ1n) is 8.25. The number of nitrogens with zero attached hydrogens (tertiary/aromatic N) is 2. The Morgan fingerprint density at radius 3 is 1.50 bits per heavy atom. The summed E-state index contributed by atoms with van der Waals surface area (Å²) in [6.07, 6.45) is 0.750. The molecule has 0 spiro atoms. The number of para-hydroxylation sites is 2. The van der Waals surface area contributed by atoms with Crippen LogP contribution in [0, 0.1) is 11.3 Å². The zero-order chi connectivity index (χ0) is 17.3. The third kappa shape index (κ3) is 2.58. The second-order valence-electron chi connectivity index (χ2n) is 6.75. The molecule has 2 aromatic carbocycles. The van der Waals surface area contributed by atoms with Crippen LogP contribution in [0.15, 0.2) is 60.7 Å². The van der Waals surface area contributed by atoms with Crippen molar-refractivity contribution in [2.45, 2.75) is 27.2 Å². The summed E-state index contributed by atoms with van der Waals surface area (Å²) in [7, 11) is 0. The molecule has 3 rings (SSSR count). The van der Waals surface area contributed by atoms with Gasteiger partial charge in [-0.1, -0.05) is 57.2 Å². The van der Waals surface area contributed by atoms with Gasteiger partial charge in [0.1, 0.15) is 5.92 Å². The molecule has 0 bridgehead atoms. The van der Waals surface area contributed by atoms with Crippen LogP contribution in [0.4, 0.5) is 11.4 Å². The first-order valence-corrected chi connectivity index (χ1v) is 8.25. The van der Waals surface area contributed by atoms with Crippen LogP contribution >= 0.6 is 0 Å². The predicted octanol–water partition coefficient (Wildman–Crippen LogP) is 4.03. The second-order valence-corrected chi connectivity index (χ2v) is 6.75. The van der Waals surface area contributed by atoms with E-state index in [-0.39, 0.29) is 11.8 Å². The van der Waals surface area contributed by atoms with Crippen molar-refractivity contribution in [3.63, 3.8) is 0 Å². The first kappa shape index (κ1) is 16.2. The Morgan fingerprint density at radius 1 is 0.792 bits per heavy atom. The van der Waals surface area contributed by atoms with E-state index < -0.39 is 11.3 Å². The topological polar surface area (TPSA) is 40.6 Å². The van der Waals surface area contributed by atoms with Crippen LogP contribution < -0.4 is 10.0 Å². The summed E-state index contributed by atoms with van der Waals surface area (Å²) >= 11 is 0. The fourth-order valence-electron chi connectivity index (χ4n) is 3.04. The molecule has 0 aliphatic carbocycles. The molecule has 2 amide bonds. The summed E-state index contributed by atoms with van der Waals surface area (Å²) in [5, 5.41) is 3.03. The van der Waals surface area contributed by atoms with Crippen molar-refractivity contribution >= 4 is 23.2 Å². The molecule has 1 aliphatic rings. The number of carbonyl (C=O) groups excluding carboxylic acids is 2. The van der Waals surface area contributed by atoms with Crippen molar-refractivity contribution in [1.82, 2.24) is 0 Å². The lowest BCUT2D eigenvalue weighted by atomic mass is 9.76. The standard InChI is InChI=1S/C20H22N2O2/c1-4-20(2,3)17-18(23)21(15-11-7-5-8-12-15)22(19(17)24)16-13-9-6-10-14-16/h5-14,17H,4H2,1-3H3. The maximum atomic E-state index is 13.2. The molecule has 1 aliphatic heterocycles. The molecule has 0 radical (unpaired) electrons. The first-order chi connectivity index (χ1) is 11.5. The smallest absolute Gasteiger partial charge is 0.259 e. The Balaban J connectivity index is 2.13. The zero-order valence-corrected chi connectivity index (χ0v) is 14.3. The highest BCUT2D eigenvalue weighted by Crippen LogP contribution is 2.41. The summed E-state index contributed by atoms with van der Waals surface area (Å²) in [5.74, 6) is -1.01. The lowest BCUT2D eigenvalue weighted by Gasteiger charge is -2.27. The molecule has 1 heterocycles. The monoisotopic (exact) mass is 322 g/mol. The zero-order valence-electron chi connectivity index (χ0n) is 14.3. The molecule has 0 aromatic heterocycles. The van der Waals surface area contributed by atoms with Gasteiger partial charge in [0.05, 0.1) is 11.4 Å².